The molecule has 1 aromatic rings. The second-order valence-electron chi connectivity index (χ2n) is 3.89. The van der Waals surface area contributed by atoms with Crippen molar-refractivity contribution in [2.75, 3.05) is 0 Å². The molecule has 0 heterocycles. The van der Waals surface area contributed by atoms with Crippen LogP contribution in [0.1, 0.15) is 30.6 Å². The average Bonchev–Trinajstić information content (AvgIpc) is 2.35. The van der Waals surface area contributed by atoms with Gasteiger partial charge >= 0.3 is 11.9 Å². The Bertz CT molecular complexity index is 480. The van der Waals surface area contributed by atoms with E-state index in [4.69, 9.17) is 9.84 Å². The number of rotatable bonds is 5. The number of carbonyl (C=O) groups excluding carboxylic acids is 2. The molecule has 0 saturated carbocycles. The van der Waals surface area contributed by atoms with Crippen LogP contribution in [0.2, 0.25) is 0 Å². The van der Waals surface area contributed by atoms with Crippen LogP contribution < -0.4 is 10.1 Å². The lowest BCUT2D eigenvalue weighted by Crippen LogP contribution is -2.40. The Morgan fingerprint density at radius 3 is 2.26 bits per heavy atom. The van der Waals surface area contributed by atoms with Crippen LogP contribution in [-0.2, 0) is 9.59 Å². The number of esters is 1. The van der Waals surface area contributed by atoms with E-state index >= 15 is 0 Å². The largest absolute Gasteiger partial charge is 0.480 e. The van der Waals surface area contributed by atoms with E-state index in [0.717, 1.165) is 0 Å². The number of hydrogen-bond acceptors (Lipinski definition) is 4. The van der Waals surface area contributed by atoms with Crippen molar-refractivity contribution in [3.8, 4) is 5.75 Å². The Morgan fingerprint density at radius 2 is 1.84 bits per heavy atom. The number of benzene rings is 1. The summed E-state index contributed by atoms with van der Waals surface area (Å²) in [6.07, 6.45) is 0.298. The SMILES string of the molecule is CC[C@@H](NC(=O)c1ccc(OC(C)=O)cc1)C(=O)O. The first-order valence-corrected chi connectivity index (χ1v) is 5.76. The van der Waals surface area contributed by atoms with Gasteiger partial charge in [-0.1, -0.05) is 6.92 Å². The maximum Gasteiger partial charge on any atom is 0.326 e. The van der Waals surface area contributed by atoms with E-state index < -0.39 is 23.9 Å². The predicted molar refractivity (Wildman–Crippen MR) is 66.9 cm³/mol. The Balaban J connectivity index is 2.72. The van der Waals surface area contributed by atoms with Gasteiger partial charge in [-0.25, -0.2) is 4.79 Å². The van der Waals surface area contributed by atoms with E-state index in [0.29, 0.717) is 17.7 Å². The third-order valence-corrected chi connectivity index (χ3v) is 2.39. The number of carboxylic acids is 1. The van der Waals surface area contributed by atoms with Crippen LogP contribution in [-0.4, -0.2) is 29.0 Å². The summed E-state index contributed by atoms with van der Waals surface area (Å²) in [7, 11) is 0. The van der Waals surface area contributed by atoms with E-state index in [1.165, 1.54) is 31.2 Å². The number of nitrogens with one attached hydrogen (secondary N) is 1. The summed E-state index contributed by atoms with van der Waals surface area (Å²) < 4.78 is 4.82. The summed E-state index contributed by atoms with van der Waals surface area (Å²) in [4.78, 5) is 33.3. The van der Waals surface area contributed by atoms with Gasteiger partial charge in [0.1, 0.15) is 11.8 Å². The zero-order valence-corrected chi connectivity index (χ0v) is 10.7. The number of carbonyl (C=O) groups is 3. The van der Waals surface area contributed by atoms with Gasteiger partial charge < -0.3 is 15.2 Å². The molecule has 0 spiro atoms. The third-order valence-electron chi connectivity index (χ3n) is 2.39. The molecule has 0 saturated heterocycles. The van der Waals surface area contributed by atoms with E-state index in [1.54, 1.807) is 6.92 Å². The highest BCUT2D eigenvalue weighted by molar-refractivity contribution is 5.96. The van der Waals surface area contributed by atoms with Gasteiger partial charge in [-0.15, -0.1) is 0 Å². The molecule has 6 heteroatoms. The topological polar surface area (TPSA) is 92.7 Å². The van der Waals surface area contributed by atoms with Crippen molar-refractivity contribution in [1.29, 1.82) is 0 Å². The summed E-state index contributed by atoms with van der Waals surface area (Å²) in [5.74, 6) is -1.68. The lowest BCUT2D eigenvalue weighted by atomic mass is 10.1. The summed E-state index contributed by atoms with van der Waals surface area (Å²) in [6, 6.07) is 4.95. The number of carboxylic acid groups (broad SMARTS) is 1. The molecule has 1 amide bonds. The molecule has 0 aliphatic rings. The highest BCUT2D eigenvalue weighted by atomic mass is 16.5. The van der Waals surface area contributed by atoms with Crippen molar-refractivity contribution < 1.29 is 24.2 Å². The summed E-state index contributed by atoms with van der Waals surface area (Å²) in [5.41, 5.74) is 0.301. The van der Waals surface area contributed by atoms with Crippen LogP contribution in [0.25, 0.3) is 0 Å². The molecule has 0 fully saturated rings. The maximum atomic E-state index is 11.8. The molecular formula is C13H15NO5. The Labute approximate surface area is 110 Å². The fraction of sp³-hybridized carbons (Fsp3) is 0.308. The molecule has 1 rings (SSSR count). The third kappa shape index (κ3) is 4.42. The molecule has 0 aliphatic heterocycles. The molecule has 1 aromatic carbocycles. The van der Waals surface area contributed by atoms with Gasteiger partial charge in [-0.3, -0.25) is 9.59 Å². The second kappa shape index (κ2) is 6.53. The molecule has 19 heavy (non-hydrogen) atoms. The zero-order valence-electron chi connectivity index (χ0n) is 10.7. The molecule has 0 aromatic heterocycles. The smallest absolute Gasteiger partial charge is 0.326 e. The highest BCUT2D eigenvalue weighted by Crippen LogP contribution is 2.12. The number of aliphatic carboxylic acids is 1. The Hall–Kier alpha value is -2.37. The van der Waals surface area contributed by atoms with Crippen LogP contribution in [0.3, 0.4) is 0 Å². The molecule has 0 unspecified atom stereocenters. The number of ether oxygens (including phenoxy) is 1. The Kier molecular flexibility index (Phi) is 5.05. The minimum Gasteiger partial charge on any atom is -0.480 e. The van der Waals surface area contributed by atoms with Gasteiger partial charge in [-0.05, 0) is 30.7 Å². The first-order chi connectivity index (χ1) is 8.93. The van der Waals surface area contributed by atoms with Gasteiger partial charge in [0.05, 0.1) is 0 Å². The predicted octanol–water partition coefficient (Wildman–Crippen LogP) is 1.20. The van der Waals surface area contributed by atoms with Crippen molar-refractivity contribution >= 4 is 17.8 Å². The van der Waals surface area contributed by atoms with Crippen LogP contribution in [0.15, 0.2) is 24.3 Å². The van der Waals surface area contributed by atoms with E-state index in [9.17, 15) is 14.4 Å². The molecule has 0 aliphatic carbocycles. The van der Waals surface area contributed by atoms with Gasteiger partial charge in [-0.2, -0.15) is 0 Å². The molecule has 102 valence electrons. The molecule has 1 atom stereocenters. The first kappa shape index (κ1) is 14.7. The molecule has 0 bridgehead atoms. The Morgan fingerprint density at radius 1 is 1.26 bits per heavy atom. The number of hydrogen-bond donors (Lipinski definition) is 2. The average molecular weight is 265 g/mol. The molecular weight excluding hydrogens is 250 g/mol. The first-order valence-electron chi connectivity index (χ1n) is 5.76. The van der Waals surface area contributed by atoms with Crippen LogP contribution >= 0.6 is 0 Å². The van der Waals surface area contributed by atoms with Crippen molar-refractivity contribution in [2.24, 2.45) is 0 Å². The van der Waals surface area contributed by atoms with E-state index in [2.05, 4.69) is 5.32 Å². The monoisotopic (exact) mass is 265 g/mol. The minimum atomic E-state index is -1.08. The van der Waals surface area contributed by atoms with Gasteiger partial charge in [0.25, 0.3) is 5.91 Å². The van der Waals surface area contributed by atoms with Crippen molar-refractivity contribution in [3.05, 3.63) is 29.8 Å². The molecule has 0 radical (unpaired) electrons. The summed E-state index contributed by atoms with van der Waals surface area (Å²) >= 11 is 0. The van der Waals surface area contributed by atoms with Crippen LogP contribution in [0.5, 0.6) is 5.75 Å². The van der Waals surface area contributed by atoms with E-state index in [1.807, 2.05) is 0 Å². The summed E-state index contributed by atoms with van der Waals surface area (Å²) in [5, 5.41) is 11.2. The van der Waals surface area contributed by atoms with Crippen molar-refractivity contribution in [2.45, 2.75) is 26.3 Å². The van der Waals surface area contributed by atoms with Crippen LogP contribution in [0.4, 0.5) is 0 Å². The van der Waals surface area contributed by atoms with E-state index in [-0.39, 0.29) is 0 Å². The highest BCUT2D eigenvalue weighted by Gasteiger charge is 2.18. The quantitative estimate of drug-likeness (QED) is 0.616. The summed E-state index contributed by atoms with van der Waals surface area (Å²) in [6.45, 7) is 2.95. The zero-order chi connectivity index (χ0) is 14.4. The fourth-order valence-electron chi connectivity index (χ4n) is 1.42. The number of amides is 1. The lowest BCUT2D eigenvalue weighted by molar-refractivity contribution is -0.139. The lowest BCUT2D eigenvalue weighted by Gasteiger charge is -2.12. The maximum absolute atomic E-state index is 11.8. The van der Waals surface area contributed by atoms with Crippen molar-refractivity contribution in [3.63, 3.8) is 0 Å². The second-order valence-corrected chi connectivity index (χ2v) is 3.89. The minimum absolute atomic E-state index is 0.298. The standard InChI is InChI=1S/C13H15NO5/c1-3-11(13(17)18)14-12(16)9-4-6-10(7-5-9)19-8(2)15/h4-7,11H,3H2,1-2H3,(H,14,16)(H,17,18)/t11-/m1/s1. The van der Waals surface area contributed by atoms with Gasteiger partial charge in [0.15, 0.2) is 0 Å². The van der Waals surface area contributed by atoms with Crippen LogP contribution in [0, 0.1) is 0 Å². The molecule has 6 nitrogen and oxygen atoms in total. The normalized spacial score (nSPS) is 11.5. The fourth-order valence-corrected chi connectivity index (χ4v) is 1.42. The van der Waals surface area contributed by atoms with Crippen molar-refractivity contribution in [1.82, 2.24) is 5.32 Å². The molecule has 2 N–H and O–H groups in total. The van der Waals surface area contributed by atoms with Gasteiger partial charge in [0.2, 0.25) is 0 Å². The van der Waals surface area contributed by atoms with Gasteiger partial charge in [0, 0.05) is 12.5 Å².